The largest absolute Gasteiger partial charge is 0.497 e. The van der Waals surface area contributed by atoms with Gasteiger partial charge in [0, 0.05) is 11.6 Å². The van der Waals surface area contributed by atoms with Gasteiger partial charge in [-0.05, 0) is 30.3 Å². The third kappa shape index (κ3) is 4.21. The highest BCUT2D eigenvalue weighted by Crippen LogP contribution is 2.36. The molecule has 3 aromatic rings. The van der Waals surface area contributed by atoms with Gasteiger partial charge in [0.2, 0.25) is 18.6 Å². The minimum absolute atomic E-state index is 0.0864. The van der Waals surface area contributed by atoms with Gasteiger partial charge in [-0.15, -0.1) is 10.2 Å². The number of hydrogen-bond donors (Lipinski definition) is 1. The Kier molecular flexibility index (Phi) is 5.43. The van der Waals surface area contributed by atoms with Crippen LogP contribution in [-0.2, 0) is 4.79 Å². The predicted molar refractivity (Wildman–Crippen MR) is 105 cm³/mol. The number of aromatic nitrogens is 2. The van der Waals surface area contributed by atoms with Crippen LogP contribution in [0, 0.1) is 0 Å². The predicted octanol–water partition coefficient (Wildman–Crippen LogP) is 3.21. The molecule has 1 N–H and O–H groups in total. The Bertz CT molecular complexity index is 1040. The molecule has 1 aliphatic rings. The topological polar surface area (TPSA) is 105 Å². The molecule has 0 saturated heterocycles. The molecule has 0 unspecified atom stereocenters. The van der Waals surface area contributed by atoms with Crippen LogP contribution >= 0.6 is 11.8 Å². The lowest BCUT2D eigenvalue weighted by atomic mass is 10.2. The van der Waals surface area contributed by atoms with Crippen LogP contribution in [0.15, 0.2) is 46.0 Å². The van der Waals surface area contributed by atoms with Crippen LogP contribution in [0.3, 0.4) is 0 Å². The second-order valence-electron chi connectivity index (χ2n) is 5.84. The highest BCUT2D eigenvalue weighted by Gasteiger charge is 2.17. The van der Waals surface area contributed by atoms with Gasteiger partial charge < -0.3 is 28.7 Å². The Labute approximate surface area is 170 Å². The third-order valence-corrected chi connectivity index (χ3v) is 4.85. The first kappa shape index (κ1) is 18.9. The van der Waals surface area contributed by atoms with Crippen molar-refractivity contribution in [1.29, 1.82) is 0 Å². The number of methoxy groups -OCH3 is 2. The van der Waals surface area contributed by atoms with Gasteiger partial charge in [0.1, 0.15) is 11.5 Å². The van der Waals surface area contributed by atoms with Gasteiger partial charge in [-0.2, -0.15) is 0 Å². The summed E-state index contributed by atoms with van der Waals surface area (Å²) in [6, 6.07) is 10.5. The molecule has 0 aliphatic carbocycles. The van der Waals surface area contributed by atoms with E-state index in [4.69, 9.17) is 23.4 Å². The smallest absolute Gasteiger partial charge is 0.277 e. The minimum Gasteiger partial charge on any atom is -0.497 e. The van der Waals surface area contributed by atoms with Crippen LogP contribution in [0.4, 0.5) is 5.69 Å². The summed E-state index contributed by atoms with van der Waals surface area (Å²) in [6.45, 7) is 0.191. The molecule has 0 spiro atoms. The van der Waals surface area contributed by atoms with Crippen LogP contribution in [0.25, 0.3) is 11.5 Å². The van der Waals surface area contributed by atoms with Gasteiger partial charge in [0.25, 0.3) is 5.22 Å². The molecule has 1 aromatic heterocycles. The van der Waals surface area contributed by atoms with Gasteiger partial charge in [-0.3, -0.25) is 4.79 Å². The van der Waals surface area contributed by atoms with E-state index in [0.29, 0.717) is 40.1 Å². The number of carbonyl (C=O) groups excluding carboxylic acids is 1. The molecule has 0 saturated carbocycles. The summed E-state index contributed by atoms with van der Waals surface area (Å²) < 4.78 is 26.7. The summed E-state index contributed by atoms with van der Waals surface area (Å²) in [4.78, 5) is 12.3. The Hall–Kier alpha value is -3.40. The number of rotatable bonds is 7. The molecule has 4 rings (SSSR count). The molecule has 2 heterocycles. The van der Waals surface area contributed by atoms with E-state index in [0.717, 1.165) is 11.8 Å². The van der Waals surface area contributed by atoms with Crippen LogP contribution in [0.1, 0.15) is 0 Å². The molecule has 29 heavy (non-hydrogen) atoms. The molecular weight excluding hydrogens is 398 g/mol. The molecule has 1 aliphatic heterocycles. The van der Waals surface area contributed by atoms with Crippen molar-refractivity contribution in [3.05, 3.63) is 36.4 Å². The van der Waals surface area contributed by atoms with Gasteiger partial charge in [-0.25, -0.2) is 0 Å². The number of benzene rings is 2. The monoisotopic (exact) mass is 415 g/mol. The number of fused-ring (bicyclic) bond motifs is 1. The molecule has 10 heteroatoms. The fourth-order valence-electron chi connectivity index (χ4n) is 2.64. The van der Waals surface area contributed by atoms with Crippen molar-refractivity contribution < 1.29 is 28.2 Å². The molecule has 0 bridgehead atoms. The van der Waals surface area contributed by atoms with Crippen molar-refractivity contribution >= 4 is 23.4 Å². The van der Waals surface area contributed by atoms with Crippen molar-refractivity contribution in [3.8, 4) is 34.5 Å². The number of nitrogens with one attached hydrogen (secondary N) is 1. The second kappa shape index (κ2) is 8.31. The highest BCUT2D eigenvalue weighted by atomic mass is 32.2. The first-order valence-electron chi connectivity index (χ1n) is 8.54. The standard InChI is InChI=1S/C19H17N3O6S/c1-24-12-4-6-14(25-2)13(8-12)20-17(23)9-29-19-22-21-18(28-19)11-3-5-15-16(7-11)27-10-26-15/h3-8H,9-10H2,1-2H3,(H,20,23). The zero-order chi connectivity index (χ0) is 20.2. The van der Waals surface area contributed by atoms with E-state index in [1.54, 1.807) is 43.5 Å². The number of thioether (sulfide) groups is 1. The SMILES string of the molecule is COc1ccc(OC)c(NC(=O)CSc2nnc(-c3ccc4c(c3)OCO4)o2)c1. The molecule has 1 amide bonds. The zero-order valence-electron chi connectivity index (χ0n) is 15.6. The van der Waals surface area contributed by atoms with E-state index < -0.39 is 0 Å². The van der Waals surface area contributed by atoms with E-state index in [1.165, 1.54) is 7.11 Å². The number of anilines is 1. The lowest BCUT2D eigenvalue weighted by molar-refractivity contribution is -0.113. The summed E-state index contributed by atoms with van der Waals surface area (Å²) in [5.41, 5.74) is 1.23. The summed E-state index contributed by atoms with van der Waals surface area (Å²) in [7, 11) is 3.08. The Morgan fingerprint density at radius 3 is 2.79 bits per heavy atom. The van der Waals surface area contributed by atoms with E-state index in [2.05, 4.69) is 15.5 Å². The van der Waals surface area contributed by atoms with Crippen molar-refractivity contribution in [2.24, 2.45) is 0 Å². The first-order chi connectivity index (χ1) is 14.2. The maximum atomic E-state index is 12.3. The van der Waals surface area contributed by atoms with Crippen molar-refractivity contribution in [3.63, 3.8) is 0 Å². The van der Waals surface area contributed by atoms with E-state index in [1.807, 2.05) is 0 Å². The number of hydrogen-bond acceptors (Lipinski definition) is 9. The molecule has 9 nitrogen and oxygen atoms in total. The molecule has 2 aromatic carbocycles. The summed E-state index contributed by atoms with van der Waals surface area (Å²) in [5.74, 6) is 2.62. The average molecular weight is 415 g/mol. The van der Waals surface area contributed by atoms with Crippen molar-refractivity contribution in [2.45, 2.75) is 5.22 Å². The van der Waals surface area contributed by atoms with Crippen molar-refractivity contribution in [2.75, 3.05) is 32.1 Å². The van der Waals surface area contributed by atoms with Gasteiger partial charge in [-0.1, -0.05) is 11.8 Å². The molecule has 0 fully saturated rings. The minimum atomic E-state index is -0.246. The van der Waals surface area contributed by atoms with Gasteiger partial charge in [0.15, 0.2) is 11.5 Å². The molecular formula is C19H17N3O6S. The zero-order valence-corrected chi connectivity index (χ0v) is 16.4. The number of amides is 1. The van der Waals surface area contributed by atoms with Crippen LogP contribution in [0.2, 0.25) is 0 Å². The normalized spacial score (nSPS) is 11.9. The molecule has 0 radical (unpaired) electrons. The highest BCUT2D eigenvalue weighted by molar-refractivity contribution is 7.99. The number of carbonyl (C=O) groups is 1. The first-order valence-corrected chi connectivity index (χ1v) is 9.53. The Balaban J connectivity index is 1.38. The van der Waals surface area contributed by atoms with E-state index >= 15 is 0 Å². The van der Waals surface area contributed by atoms with Crippen LogP contribution < -0.4 is 24.3 Å². The summed E-state index contributed by atoms with van der Waals surface area (Å²) in [6.07, 6.45) is 0. The quantitative estimate of drug-likeness (QED) is 0.582. The molecule has 0 atom stereocenters. The Morgan fingerprint density at radius 2 is 1.97 bits per heavy atom. The second-order valence-corrected chi connectivity index (χ2v) is 6.77. The number of ether oxygens (including phenoxy) is 4. The summed E-state index contributed by atoms with van der Waals surface area (Å²) >= 11 is 1.13. The lowest BCUT2D eigenvalue weighted by Gasteiger charge is -2.11. The number of nitrogens with zero attached hydrogens (tertiary/aromatic N) is 2. The van der Waals surface area contributed by atoms with Gasteiger partial charge >= 0.3 is 0 Å². The Morgan fingerprint density at radius 1 is 1.10 bits per heavy atom. The lowest BCUT2D eigenvalue weighted by Crippen LogP contribution is -2.14. The van der Waals surface area contributed by atoms with Crippen LogP contribution in [-0.4, -0.2) is 42.9 Å². The maximum absolute atomic E-state index is 12.3. The summed E-state index contributed by atoms with van der Waals surface area (Å²) in [5, 5.41) is 11.1. The van der Waals surface area contributed by atoms with Crippen LogP contribution in [0.5, 0.6) is 23.0 Å². The molecule has 150 valence electrons. The van der Waals surface area contributed by atoms with E-state index in [9.17, 15) is 4.79 Å². The fraction of sp³-hybridized carbons (Fsp3) is 0.211. The average Bonchev–Trinajstić information content (AvgIpc) is 3.41. The van der Waals surface area contributed by atoms with E-state index in [-0.39, 0.29) is 23.7 Å². The van der Waals surface area contributed by atoms with Crippen molar-refractivity contribution in [1.82, 2.24) is 10.2 Å². The maximum Gasteiger partial charge on any atom is 0.277 e. The third-order valence-electron chi connectivity index (χ3n) is 4.03. The fourth-order valence-corrected chi connectivity index (χ4v) is 3.20. The van der Waals surface area contributed by atoms with Gasteiger partial charge in [0.05, 0.1) is 25.7 Å².